The number of likely N-dealkylation sites (tertiary alicyclic amines) is 2. The number of rotatable bonds is 16. The molecule has 2 aromatic heterocycles. The molecule has 3 atom stereocenters. The monoisotopic (exact) mass is 816 g/mol. The number of carbonyl (C=O) groups excluding carboxylic acids is 6. The first-order valence-electron chi connectivity index (χ1n) is 21.8. The zero-order valence-electron chi connectivity index (χ0n) is 34.1. The number of Topliss-reactive ketones (excluding diaryl/α,β-unsaturated/α-hetero) is 2. The highest BCUT2D eigenvalue weighted by Crippen LogP contribution is 2.42. The fourth-order valence-electron chi connectivity index (χ4n) is 9.48. The fourth-order valence-corrected chi connectivity index (χ4v) is 9.48. The summed E-state index contributed by atoms with van der Waals surface area (Å²) in [4.78, 5) is 92.3. The molecule has 0 bridgehead atoms. The van der Waals surface area contributed by atoms with Crippen LogP contribution in [-0.2, 0) is 51.1 Å². The Hall–Kier alpha value is -4.56. The van der Waals surface area contributed by atoms with Crippen molar-refractivity contribution in [2.24, 2.45) is 11.8 Å². The smallest absolute Gasteiger partial charge is 0.328 e. The molecule has 2 amide bonds. The predicted octanol–water partition coefficient (Wildman–Crippen LogP) is 4.26. The first-order chi connectivity index (χ1) is 28.5. The van der Waals surface area contributed by atoms with Gasteiger partial charge in [0.15, 0.2) is 0 Å². The number of aromatic nitrogens is 2. The Kier molecular flexibility index (Phi) is 15.4. The Labute approximate surface area is 346 Å². The van der Waals surface area contributed by atoms with Crippen LogP contribution in [0.2, 0.25) is 0 Å². The second-order valence-electron chi connectivity index (χ2n) is 17.0. The standard InChI is InChI=1S/C45H60N4O10/c50-38(44(56)19-4-1-5-20-44)41(53)49-26-18-35(29-37(49)43(55)58-27-7-3-11-32-12-8-23-46-30-32)34-16-21-45(57,22-17-34)39(51)40(52)48-25-6-2-15-36(48)42(54)59-28-10-14-33-13-9-24-47-31-33/h8-9,12-13,23-24,30-31,34-37,56-57H,1-7,10-11,14-22,25-29H2. The lowest BCUT2D eigenvalue weighted by Crippen LogP contribution is -2.58. The molecule has 6 rings (SSSR count). The third-order valence-electron chi connectivity index (χ3n) is 13.1. The van der Waals surface area contributed by atoms with Crippen molar-refractivity contribution in [3.8, 4) is 0 Å². The van der Waals surface area contributed by atoms with Gasteiger partial charge < -0.3 is 29.5 Å². The van der Waals surface area contributed by atoms with Crippen molar-refractivity contribution in [2.75, 3.05) is 26.3 Å². The average Bonchev–Trinajstić information content (AvgIpc) is 3.27. The molecule has 4 fully saturated rings. The number of hydrogen-bond donors (Lipinski definition) is 2. The van der Waals surface area contributed by atoms with E-state index >= 15 is 0 Å². The number of unbranched alkanes of at least 4 members (excludes halogenated alkanes) is 1. The van der Waals surface area contributed by atoms with Gasteiger partial charge >= 0.3 is 11.9 Å². The van der Waals surface area contributed by atoms with Crippen LogP contribution < -0.4 is 0 Å². The van der Waals surface area contributed by atoms with Crippen LogP contribution in [0.3, 0.4) is 0 Å². The van der Waals surface area contributed by atoms with Gasteiger partial charge in [0.2, 0.25) is 0 Å². The van der Waals surface area contributed by atoms with E-state index in [0.717, 1.165) is 30.4 Å². The number of amides is 2. The highest BCUT2D eigenvalue weighted by molar-refractivity contribution is 6.40. The van der Waals surface area contributed by atoms with Gasteiger partial charge in [-0.2, -0.15) is 0 Å². The molecule has 0 radical (unpaired) electrons. The highest BCUT2D eigenvalue weighted by atomic mass is 16.5. The maximum Gasteiger partial charge on any atom is 0.328 e. The molecule has 0 spiro atoms. The highest BCUT2D eigenvalue weighted by Gasteiger charge is 2.50. The zero-order valence-corrected chi connectivity index (χ0v) is 34.1. The third-order valence-corrected chi connectivity index (χ3v) is 13.1. The Morgan fingerprint density at radius 1 is 0.610 bits per heavy atom. The second-order valence-corrected chi connectivity index (χ2v) is 17.0. The quantitative estimate of drug-likeness (QED) is 0.139. The van der Waals surface area contributed by atoms with E-state index in [1.807, 2.05) is 24.3 Å². The molecule has 2 aliphatic heterocycles. The van der Waals surface area contributed by atoms with Crippen molar-refractivity contribution in [1.82, 2.24) is 19.8 Å². The SMILES string of the molecule is O=C(OCCCc1cccnc1)C1CCCCN1C(=O)C(=O)C1(O)CCC(C2CCN(C(=O)C(=O)C3(O)CCCCC3)C(C(=O)OCCCCc3cccnc3)C2)CC1. The molecule has 2 saturated heterocycles. The molecular weight excluding hydrogens is 757 g/mol. The van der Waals surface area contributed by atoms with Crippen molar-refractivity contribution >= 4 is 35.3 Å². The first-order valence-corrected chi connectivity index (χ1v) is 21.8. The van der Waals surface area contributed by atoms with Crippen molar-refractivity contribution in [2.45, 2.75) is 145 Å². The summed E-state index contributed by atoms with van der Waals surface area (Å²) in [6.45, 7) is 0.662. The van der Waals surface area contributed by atoms with Crippen LogP contribution in [0.25, 0.3) is 0 Å². The van der Waals surface area contributed by atoms with E-state index in [1.54, 1.807) is 24.8 Å². The lowest BCUT2D eigenvalue weighted by Gasteiger charge is -2.44. The van der Waals surface area contributed by atoms with Gasteiger partial charge in [0, 0.05) is 37.9 Å². The molecule has 2 saturated carbocycles. The Morgan fingerprint density at radius 2 is 1.17 bits per heavy atom. The van der Waals surface area contributed by atoms with Gasteiger partial charge in [-0.3, -0.25) is 29.1 Å². The van der Waals surface area contributed by atoms with Crippen molar-refractivity contribution in [3.63, 3.8) is 0 Å². The van der Waals surface area contributed by atoms with Crippen LogP contribution in [0.4, 0.5) is 0 Å². The van der Waals surface area contributed by atoms with Gasteiger partial charge in [0.1, 0.15) is 23.3 Å². The van der Waals surface area contributed by atoms with Gasteiger partial charge in [-0.15, -0.1) is 0 Å². The predicted molar refractivity (Wildman–Crippen MR) is 214 cm³/mol. The van der Waals surface area contributed by atoms with E-state index in [4.69, 9.17) is 9.47 Å². The van der Waals surface area contributed by atoms with Crippen molar-refractivity contribution in [1.29, 1.82) is 0 Å². The largest absolute Gasteiger partial charge is 0.464 e. The maximum absolute atomic E-state index is 13.7. The normalized spacial score (nSPS) is 25.7. The minimum absolute atomic E-state index is 0.0205. The number of esters is 2. The molecule has 3 unspecified atom stereocenters. The molecule has 2 N–H and O–H groups in total. The molecular formula is C45H60N4O10. The number of piperidine rings is 2. The number of aliphatic hydroxyl groups is 2. The zero-order chi connectivity index (χ0) is 41.8. The summed E-state index contributed by atoms with van der Waals surface area (Å²) >= 11 is 0. The molecule has 0 aromatic carbocycles. The molecule has 4 aliphatic rings. The topological polar surface area (TPSA) is 194 Å². The molecule has 2 aliphatic carbocycles. The summed E-state index contributed by atoms with van der Waals surface area (Å²) in [7, 11) is 0. The molecule has 14 heteroatoms. The molecule has 320 valence electrons. The number of aryl methyl sites for hydroxylation is 2. The number of hydrogen-bond acceptors (Lipinski definition) is 12. The lowest BCUT2D eigenvalue weighted by atomic mass is 9.68. The van der Waals surface area contributed by atoms with Crippen molar-refractivity contribution in [3.05, 3.63) is 60.2 Å². The Balaban J connectivity index is 1.04. The van der Waals surface area contributed by atoms with Crippen LogP contribution in [0.5, 0.6) is 0 Å². The van der Waals surface area contributed by atoms with Gasteiger partial charge in [0.25, 0.3) is 23.4 Å². The van der Waals surface area contributed by atoms with E-state index in [2.05, 4.69) is 9.97 Å². The molecule has 2 aromatic rings. The van der Waals surface area contributed by atoms with E-state index in [0.29, 0.717) is 70.6 Å². The van der Waals surface area contributed by atoms with Gasteiger partial charge in [-0.1, -0.05) is 31.4 Å². The number of ether oxygens (including phenoxy) is 2. The minimum atomic E-state index is -1.89. The van der Waals surface area contributed by atoms with Crippen LogP contribution in [0, 0.1) is 11.8 Å². The van der Waals surface area contributed by atoms with Crippen LogP contribution in [-0.4, -0.2) is 115 Å². The molecule has 4 heterocycles. The summed E-state index contributed by atoms with van der Waals surface area (Å²) < 4.78 is 11.3. The van der Waals surface area contributed by atoms with E-state index in [1.165, 1.54) is 9.80 Å². The summed E-state index contributed by atoms with van der Waals surface area (Å²) in [5.41, 5.74) is -1.53. The van der Waals surface area contributed by atoms with Crippen LogP contribution in [0.1, 0.15) is 120 Å². The maximum atomic E-state index is 13.7. The minimum Gasteiger partial charge on any atom is -0.464 e. The lowest BCUT2D eigenvalue weighted by molar-refractivity contribution is -0.167. The Bertz CT molecular complexity index is 1760. The van der Waals surface area contributed by atoms with Crippen molar-refractivity contribution < 1.29 is 48.5 Å². The molecule has 14 nitrogen and oxygen atoms in total. The number of pyridine rings is 2. The average molecular weight is 817 g/mol. The van der Waals surface area contributed by atoms with E-state index < -0.39 is 58.6 Å². The number of ketones is 2. The summed E-state index contributed by atoms with van der Waals surface area (Å²) in [5, 5.41) is 22.8. The number of nitrogens with zero attached hydrogens (tertiary/aromatic N) is 4. The van der Waals surface area contributed by atoms with Gasteiger partial charge in [0.05, 0.1) is 13.2 Å². The summed E-state index contributed by atoms with van der Waals surface area (Å²) in [6.07, 6.45) is 16.3. The van der Waals surface area contributed by atoms with E-state index in [-0.39, 0.29) is 70.2 Å². The van der Waals surface area contributed by atoms with Gasteiger partial charge in [-0.25, -0.2) is 9.59 Å². The van der Waals surface area contributed by atoms with Crippen LogP contribution >= 0.6 is 0 Å². The fraction of sp³-hybridized carbons (Fsp3) is 0.644. The first kappa shape index (κ1) is 44.0. The van der Waals surface area contributed by atoms with Crippen LogP contribution in [0.15, 0.2) is 49.1 Å². The summed E-state index contributed by atoms with van der Waals surface area (Å²) in [6, 6.07) is 5.73. The molecule has 59 heavy (non-hydrogen) atoms. The third kappa shape index (κ3) is 11.2. The van der Waals surface area contributed by atoms with Gasteiger partial charge in [-0.05, 0) is 138 Å². The Morgan fingerprint density at radius 3 is 1.78 bits per heavy atom. The second kappa shape index (κ2) is 20.6. The van der Waals surface area contributed by atoms with E-state index in [9.17, 15) is 39.0 Å². The summed E-state index contributed by atoms with van der Waals surface area (Å²) in [5.74, 6) is -4.77. The number of carbonyl (C=O) groups is 6.